The Morgan fingerprint density at radius 1 is 1.12 bits per heavy atom. The van der Waals surface area contributed by atoms with Crippen molar-refractivity contribution in [2.45, 2.75) is 32.5 Å². The lowest BCUT2D eigenvalue weighted by Crippen LogP contribution is -2.29. The molecule has 1 aliphatic heterocycles. The molecule has 6 heteroatoms. The summed E-state index contributed by atoms with van der Waals surface area (Å²) >= 11 is 1.55. The first-order chi connectivity index (χ1) is 12.3. The van der Waals surface area contributed by atoms with Crippen molar-refractivity contribution in [2.24, 2.45) is 4.99 Å². The molecule has 26 heavy (non-hydrogen) atoms. The van der Waals surface area contributed by atoms with Crippen molar-refractivity contribution in [2.75, 3.05) is 12.3 Å². The van der Waals surface area contributed by atoms with Gasteiger partial charge in [-0.15, -0.1) is 0 Å². The van der Waals surface area contributed by atoms with Gasteiger partial charge in [0.15, 0.2) is 5.17 Å². The van der Waals surface area contributed by atoms with Crippen molar-refractivity contribution in [3.05, 3.63) is 70.3 Å². The van der Waals surface area contributed by atoms with E-state index in [0.717, 1.165) is 27.6 Å². The Bertz CT molecular complexity index is 815. The largest absolute Gasteiger partial charge is 0.416 e. The predicted molar refractivity (Wildman–Crippen MR) is 102 cm³/mol. The van der Waals surface area contributed by atoms with Gasteiger partial charge >= 0.3 is 6.18 Å². The third-order valence-corrected chi connectivity index (χ3v) is 5.20. The van der Waals surface area contributed by atoms with E-state index in [1.165, 1.54) is 12.1 Å². The maximum absolute atomic E-state index is 13.6. The molecule has 1 heterocycles. The van der Waals surface area contributed by atoms with Gasteiger partial charge in [0.05, 0.1) is 18.2 Å². The minimum absolute atomic E-state index is 0.272. The molecule has 0 aliphatic carbocycles. The summed E-state index contributed by atoms with van der Waals surface area (Å²) in [5.74, 6) is 0.861. The number of thioether (sulfide) groups is 1. The summed E-state index contributed by atoms with van der Waals surface area (Å²) in [5.41, 5.74) is 2.59. The Kier molecular flexibility index (Phi) is 5.61. The van der Waals surface area contributed by atoms with Crippen LogP contribution in [-0.2, 0) is 12.6 Å². The molecule has 0 fully saturated rings. The minimum Gasteiger partial charge on any atom is -0.358 e. The van der Waals surface area contributed by atoms with E-state index >= 15 is 0 Å². The molecular weight excluding hydrogens is 357 g/mol. The van der Waals surface area contributed by atoms with Gasteiger partial charge in [-0.1, -0.05) is 59.3 Å². The highest BCUT2D eigenvalue weighted by atomic mass is 32.2. The van der Waals surface area contributed by atoms with Crippen molar-refractivity contribution >= 4 is 16.9 Å². The van der Waals surface area contributed by atoms with Crippen LogP contribution in [0.5, 0.6) is 0 Å². The Morgan fingerprint density at radius 3 is 2.54 bits per heavy atom. The zero-order chi connectivity index (χ0) is 18.7. The van der Waals surface area contributed by atoms with Crippen LogP contribution in [0.25, 0.3) is 0 Å². The molecule has 1 aliphatic rings. The van der Waals surface area contributed by atoms with E-state index < -0.39 is 17.8 Å². The molecular formula is C20H21F3N2S. The summed E-state index contributed by atoms with van der Waals surface area (Å²) in [6.45, 7) is 4.50. The highest BCUT2D eigenvalue weighted by Crippen LogP contribution is 2.36. The Labute approximate surface area is 155 Å². The first-order valence-electron chi connectivity index (χ1n) is 8.50. The van der Waals surface area contributed by atoms with E-state index in [4.69, 9.17) is 0 Å². The number of halogens is 3. The predicted octanol–water partition coefficient (Wildman–Crippen LogP) is 5.30. The molecule has 0 saturated carbocycles. The molecule has 1 atom stereocenters. The second kappa shape index (κ2) is 7.74. The number of benzene rings is 2. The SMILES string of the molecule is Cc1cccc(CC(NC2=NCCS2)c2cc(C)ccc2C(F)(F)F)c1. The summed E-state index contributed by atoms with van der Waals surface area (Å²) in [6.07, 6.45) is -3.92. The quantitative estimate of drug-likeness (QED) is 0.781. The maximum atomic E-state index is 13.6. The maximum Gasteiger partial charge on any atom is 0.416 e. The number of hydrogen-bond acceptors (Lipinski definition) is 3. The van der Waals surface area contributed by atoms with E-state index in [0.29, 0.717) is 13.0 Å². The summed E-state index contributed by atoms with van der Waals surface area (Å²) in [6, 6.07) is 11.7. The third-order valence-electron chi connectivity index (χ3n) is 4.29. The van der Waals surface area contributed by atoms with Gasteiger partial charge in [0, 0.05) is 5.75 Å². The fraction of sp³-hybridized carbons (Fsp3) is 0.350. The van der Waals surface area contributed by atoms with Crippen LogP contribution in [0.2, 0.25) is 0 Å². The van der Waals surface area contributed by atoms with Gasteiger partial charge in [-0.2, -0.15) is 13.2 Å². The second-order valence-electron chi connectivity index (χ2n) is 6.51. The van der Waals surface area contributed by atoms with E-state index in [1.54, 1.807) is 17.8 Å². The highest BCUT2D eigenvalue weighted by molar-refractivity contribution is 8.14. The van der Waals surface area contributed by atoms with E-state index in [-0.39, 0.29) is 5.56 Å². The molecule has 0 spiro atoms. The standard InChI is InChI=1S/C20H21F3N2S/c1-13-4-3-5-15(10-13)12-18(25-19-24-8-9-26-19)16-11-14(2)6-7-17(16)20(21,22)23/h3-7,10-11,18H,8-9,12H2,1-2H3,(H,24,25). The monoisotopic (exact) mass is 378 g/mol. The Morgan fingerprint density at radius 2 is 1.88 bits per heavy atom. The van der Waals surface area contributed by atoms with Gasteiger partial charge in [-0.25, -0.2) is 0 Å². The van der Waals surface area contributed by atoms with Crippen molar-refractivity contribution in [1.29, 1.82) is 0 Å². The molecule has 2 nitrogen and oxygen atoms in total. The molecule has 0 amide bonds. The van der Waals surface area contributed by atoms with Gasteiger partial charge in [-0.3, -0.25) is 4.99 Å². The van der Waals surface area contributed by atoms with E-state index in [2.05, 4.69) is 10.3 Å². The second-order valence-corrected chi connectivity index (χ2v) is 7.60. The lowest BCUT2D eigenvalue weighted by molar-refractivity contribution is -0.138. The molecule has 3 rings (SSSR count). The Balaban J connectivity index is 2.01. The van der Waals surface area contributed by atoms with Crippen LogP contribution >= 0.6 is 11.8 Å². The van der Waals surface area contributed by atoms with Crippen molar-refractivity contribution in [1.82, 2.24) is 5.32 Å². The van der Waals surface area contributed by atoms with Crippen LogP contribution in [0.1, 0.15) is 33.9 Å². The normalized spacial score (nSPS) is 15.7. The van der Waals surface area contributed by atoms with Crippen LogP contribution in [0.15, 0.2) is 47.5 Å². The van der Waals surface area contributed by atoms with Crippen LogP contribution in [0.4, 0.5) is 13.2 Å². The number of amidine groups is 1. The summed E-state index contributed by atoms with van der Waals surface area (Å²) < 4.78 is 40.8. The van der Waals surface area contributed by atoms with Gasteiger partial charge < -0.3 is 5.32 Å². The fourth-order valence-corrected chi connectivity index (χ4v) is 3.90. The lowest BCUT2D eigenvalue weighted by Gasteiger charge is -2.24. The van der Waals surface area contributed by atoms with Gasteiger partial charge in [0.2, 0.25) is 0 Å². The number of nitrogens with one attached hydrogen (secondary N) is 1. The highest BCUT2D eigenvalue weighted by Gasteiger charge is 2.35. The van der Waals surface area contributed by atoms with Gasteiger partial charge in [0.1, 0.15) is 0 Å². The number of alkyl halides is 3. The van der Waals surface area contributed by atoms with Crippen molar-refractivity contribution in [3.8, 4) is 0 Å². The first kappa shape index (κ1) is 18.8. The average Bonchev–Trinajstić information content (AvgIpc) is 3.06. The molecule has 1 N–H and O–H groups in total. The van der Waals surface area contributed by atoms with Gasteiger partial charge in [0.25, 0.3) is 0 Å². The molecule has 2 aromatic rings. The topological polar surface area (TPSA) is 24.4 Å². The van der Waals surface area contributed by atoms with Crippen LogP contribution in [-0.4, -0.2) is 17.5 Å². The fourth-order valence-electron chi connectivity index (χ4n) is 3.11. The summed E-state index contributed by atoms with van der Waals surface area (Å²) in [4.78, 5) is 4.36. The third kappa shape index (κ3) is 4.61. The number of nitrogens with zero attached hydrogens (tertiary/aromatic N) is 1. The molecule has 138 valence electrons. The molecule has 0 saturated heterocycles. The van der Waals surface area contributed by atoms with E-state index in [1.807, 2.05) is 38.1 Å². The zero-order valence-corrected chi connectivity index (χ0v) is 15.5. The Hall–Kier alpha value is -1.95. The average molecular weight is 378 g/mol. The number of hydrogen-bond donors (Lipinski definition) is 1. The van der Waals surface area contributed by atoms with Crippen LogP contribution < -0.4 is 5.32 Å². The smallest absolute Gasteiger partial charge is 0.358 e. The van der Waals surface area contributed by atoms with E-state index in [9.17, 15) is 13.2 Å². The zero-order valence-electron chi connectivity index (χ0n) is 14.7. The number of rotatable bonds is 4. The molecule has 0 radical (unpaired) electrons. The molecule has 0 aromatic heterocycles. The molecule has 1 unspecified atom stereocenters. The lowest BCUT2D eigenvalue weighted by atomic mass is 9.92. The summed E-state index contributed by atoms with van der Waals surface area (Å²) in [7, 11) is 0. The molecule has 0 bridgehead atoms. The minimum atomic E-state index is -4.39. The van der Waals surface area contributed by atoms with Gasteiger partial charge in [-0.05, 0) is 37.5 Å². The summed E-state index contributed by atoms with van der Waals surface area (Å²) in [5, 5.41) is 3.97. The van der Waals surface area contributed by atoms with Crippen molar-refractivity contribution in [3.63, 3.8) is 0 Å². The first-order valence-corrected chi connectivity index (χ1v) is 9.48. The number of aliphatic imine (C=N–C) groups is 1. The number of aryl methyl sites for hydroxylation is 2. The van der Waals surface area contributed by atoms with Crippen LogP contribution in [0, 0.1) is 13.8 Å². The van der Waals surface area contributed by atoms with Crippen LogP contribution in [0.3, 0.4) is 0 Å². The van der Waals surface area contributed by atoms with Crippen molar-refractivity contribution < 1.29 is 13.2 Å². The molecule has 2 aromatic carbocycles.